The lowest BCUT2D eigenvalue weighted by molar-refractivity contribution is 0.0772. The van der Waals surface area contributed by atoms with Crippen LogP contribution in [0, 0.1) is 0 Å². The minimum atomic E-state index is 0.143. The lowest BCUT2D eigenvalue weighted by Gasteiger charge is -2.26. The van der Waals surface area contributed by atoms with Gasteiger partial charge < -0.3 is 10.2 Å². The van der Waals surface area contributed by atoms with Crippen LogP contribution in [0.2, 0.25) is 0 Å². The van der Waals surface area contributed by atoms with Gasteiger partial charge in [0, 0.05) is 42.4 Å². The molecule has 1 aliphatic heterocycles. The van der Waals surface area contributed by atoms with Crippen molar-refractivity contribution in [3.8, 4) is 0 Å². The van der Waals surface area contributed by atoms with Crippen molar-refractivity contribution in [1.82, 2.24) is 9.88 Å². The van der Waals surface area contributed by atoms with Crippen LogP contribution >= 0.6 is 11.8 Å². The molecule has 2 rings (SSSR count). The number of amides is 1. The van der Waals surface area contributed by atoms with Gasteiger partial charge in [-0.3, -0.25) is 4.79 Å². The molecule has 1 aromatic heterocycles. The number of carbonyl (C=O) groups is 1. The van der Waals surface area contributed by atoms with Gasteiger partial charge in [0.1, 0.15) is 5.82 Å². The highest BCUT2D eigenvalue weighted by Gasteiger charge is 2.19. The van der Waals surface area contributed by atoms with Crippen LogP contribution in [-0.2, 0) is 6.42 Å². The maximum Gasteiger partial charge on any atom is 0.254 e. The van der Waals surface area contributed by atoms with E-state index in [1.54, 1.807) is 0 Å². The number of hydrogen-bond acceptors (Lipinski definition) is 4. The largest absolute Gasteiger partial charge is 0.370 e. The molecule has 5 heteroatoms. The molecule has 0 atom stereocenters. The van der Waals surface area contributed by atoms with Gasteiger partial charge in [-0.1, -0.05) is 13.3 Å². The van der Waals surface area contributed by atoms with Crippen molar-refractivity contribution in [1.29, 1.82) is 0 Å². The summed E-state index contributed by atoms with van der Waals surface area (Å²) in [6.07, 6.45) is 1.95. The molecular formula is C15H23N3OS. The zero-order valence-corrected chi connectivity index (χ0v) is 13.1. The number of nitrogens with one attached hydrogen (secondary N) is 1. The van der Waals surface area contributed by atoms with Crippen LogP contribution in [0.1, 0.15) is 36.3 Å². The minimum Gasteiger partial charge on any atom is -0.370 e. The molecular weight excluding hydrogens is 270 g/mol. The van der Waals surface area contributed by atoms with Crippen molar-refractivity contribution in [2.24, 2.45) is 0 Å². The fourth-order valence-corrected chi connectivity index (χ4v) is 3.22. The summed E-state index contributed by atoms with van der Waals surface area (Å²) >= 11 is 1.92. The molecule has 4 nitrogen and oxygen atoms in total. The number of aromatic nitrogens is 1. The van der Waals surface area contributed by atoms with Crippen LogP contribution in [-0.4, -0.2) is 46.9 Å². The number of hydrogen-bond donors (Lipinski definition) is 1. The smallest absolute Gasteiger partial charge is 0.254 e. The highest BCUT2D eigenvalue weighted by atomic mass is 32.2. The zero-order chi connectivity index (χ0) is 14.4. The van der Waals surface area contributed by atoms with E-state index in [0.29, 0.717) is 0 Å². The van der Waals surface area contributed by atoms with Crippen LogP contribution in [0.4, 0.5) is 5.82 Å². The maximum atomic E-state index is 12.6. The second-order valence-corrected chi connectivity index (χ2v) is 6.14. The van der Waals surface area contributed by atoms with Gasteiger partial charge in [-0.25, -0.2) is 4.98 Å². The molecule has 0 saturated carbocycles. The van der Waals surface area contributed by atoms with E-state index in [1.807, 2.05) is 35.7 Å². The highest BCUT2D eigenvalue weighted by molar-refractivity contribution is 7.99. The maximum absolute atomic E-state index is 12.6. The summed E-state index contributed by atoms with van der Waals surface area (Å²) in [5.41, 5.74) is 1.77. The molecule has 0 radical (unpaired) electrons. The van der Waals surface area contributed by atoms with E-state index in [0.717, 1.165) is 61.1 Å². The molecule has 1 aliphatic rings. The Balaban J connectivity index is 2.21. The van der Waals surface area contributed by atoms with Gasteiger partial charge in [-0.2, -0.15) is 11.8 Å². The zero-order valence-electron chi connectivity index (χ0n) is 12.3. The second kappa shape index (κ2) is 7.53. The predicted molar refractivity (Wildman–Crippen MR) is 85.6 cm³/mol. The first-order chi connectivity index (χ1) is 9.74. The van der Waals surface area contributed by atoms with Crippen LogP contribution in [0.15, 0.2) is 12.1 Å². The Morgan fingerprint density at radius 3 is 2.75 bits per heavy atom. The summed E-state index contributed by atoms with van der Waals surface area (Å²) in [7, 11) is 0. The monoisotopic (exact) mass is 293 g/mol. The van der Waals surface area contributed by atoms with Gasteiger partial charge in [0.2, 0.25) is 0 Å². The summed E-state index contributed by atoms with van der Waals surface area (Å²) in [6.45, 7) is 6.69. The first-order valence-corrected chi connectivity index (χ1v) is 8.52. The SMILES string of the molecule is CCCc1cc(C(=O)N2CCSCC2)cc(NCC)n1. The number of rotatable bonds is 5. The predicted octanol–water partition coefficient (Wildman–Crippen LogP) is 2.65. The van der Waals surface area contributed by atoms with Crippen molar-refractivity contribution in [3.63, 3.8) is 0 Å². The topological polar surface area (TPSA) is 45.2 Å². The normalized spacial score (nSPS) is 15.2. The van der Waals surface area contributed by atoms with E-state index in [9.17, 15) is 4.79 Å². The van der Waals surface area contributed by atoms with E-state index in [2.05, 4.69) is 17.2 Å². The third kappa shape index (κ3) is 3.88. The van der Waals surface area contributed by atoms with Crippen molar-refractivity contribution in [2.45, 2.75) is 26.7 Å². The molecule has 110 valence electrons. The van der Waals surface area contributed by atoms with E-state index < -0.39 is 0 Å². The molecule has 2 heterocycles. The highest BCUT2D eigenvalue weighted by Crippen LogP contribution is 2.17. The Bertz CT molecular complexity index is 434. The number of nitrogens with zero attached hydrogens (tertiary/aromatic N) is 2. The quantitative estimate of drug-likeness (QED) is 0.906. The Hall–Kier alpha value is -1.23. The molecule has 0 aliphatic carbocycles. The average molecular weight is 293 g/mol. The molecule has 1 aromatic rings. The van der Waals surface area contributed by atoms with Gasteiger partial charge >= 0.3 is 0 Å². The first-order valence-electron chi connectivity index (χ1n) is 7.36. The number of pyridine rings is 1. The number of thioether (sulfide) groups is 1. The van der Waals surface area contributed by atoms with Crippen molar-refractivity contribution in [3.05, 3.63) is 23.4 Å². The Kier molecular flexibility index (Phi) is 5.71. The first kappa shape index (κ1) is 15.2. The van der Waals surface area contributed by atoms with Crippen molar-refractivity contribution in [2.75, 3.05) is 36.5 Å². The fraction of sp³-hybridized carbons (Fsp3) is 0.600. The number of carbonyl (C=O) groups excluding carboxylic acids is 1. The Morgan fingerprint density at radius 2 is 2.10 bits per heavy atom. The van der Waals surface area contributed by atoms with Gasteiger partial charge in [0.15, 0.2) is 0 Å². The minimum absolute atomic E-state index is 0.143. The molecule has 20 heavy (non-hydrogen) atoms. The van der Waals surface area contributed by atoms with Gasteiger partial charge in [-0.05, 0) is 25.5 Å². The van der Waals surface area contributed by atoms with Crippen LogP contribution < -0.4 is 5.32 Å². The molecule has 0 spiro atoms. The van der Waals surface area contributed by atoms with E-state index >= 15 is 0 Å². The Labute approximate surface area is 125 Å². The third-order valence-corrected chi connectivity index (χ3v) is 4.23. The number of aryl methyl sites for hydroxylation is 1. The molecule has 0 unspecified atom stereocenters. The fourth-order valence-electron chi connectivity index (χ4n) is 2.32. The summed E-state index contributed by atoms with van der Waals surface area (Å²) < 4.78 is 0. The average Bonchev–Trinajstić information content (AvgIpc) is 2.48. The lowest BCUT2D eigenvalue weighted by atomic mass is 10.1. The molecule has 1 N–H and O–H groups in total. The van der Waals surface area contributed by atoms with E-state index in [-0.39, 0.29) is 5.91 Å². The summed E-state index contributed by atoms with van der Waals surface area (Å²) in [6, 6.07) is 3.83. The van der Waals surface area contributed by atoms with Crippen LogP contribution in [0.5, 0.6) is 0 Å². The van der Waals surface area contributed by atoms with Gasteiger partial charge in [0.05, 0.1) is 0 Å². The Morgan fingerprint density at radius 1 is 1.35 bits per heavy atom. The molecule has 0 bridgehead atoms. The van der Waals surface area contributed by atoms with Gasteiger partial charge in [0.25, 0.3) is 5.91 Å². The summed E-state index contributed by atoms with van der Waals surface area (Å²) in [5, 5.41) is 3.22. The van der Waals surface area contributed by atoms with Crippen molar-refractivity contribution >= 4 is 23.5 Å². The van der Waals surface area contributed by atoms with Crippen LogP contribution in [0.25, 0.3) is 0 Å². The van der Waals surface area contributed by atoms with Crippen LogP contribution in [0.3, 0.4) is 0 Å². The molecule has 1 amide bonds. The molecule has 1 saturated heterocycles. The lowest BCUT2D eigenvalue weighted by Crippen LogP contribution is -2.38. The number of anilines is 1. The molecule has 0 aromatic carbocycles. The second-order valence-electron chi connectivity index (χ2n) is 4.92. The summed E-state index contributed by atoms with van der Waals surface area (Å²) in [4.78, 5) is 19.1. The van der Waals surface area contributed by atoms with Gasteiger partial charge in [-0.15, -0.1) is 0 Å². The van der Waals surface area contributed by atoms with Crippen molar-refractivity contribution < 1.29 is 4.79 Å². The third-order valence-electron chi connectivity index (χ3n) is 3.29. The standard InChI is InChI=1S/C15H23N3OS/c1-3-5-13-10-12(11-14(17-13)16-4-2)15(19)18-6-8-20-9-7-18/h10-11H,3-9H2,1-2H3,(H,16,17). The molecule has 1 fully saturated rings. The van der Waals surface area contributed by atoms with E-state index in [4.69, 9.17) is 0 Å². The van der Waals surface area contributed by atoms with E-state index in [1.165, 1.54) is 0 Å². The summed E-state index contributed by atoms with van der Waals surface area (Å²) in [5.74, 6) is 3.04.